The third-order valence-corrected chi connectivity index (χ3v) is 3.97. The van der Waals surface area contributed by atoms with Gasteiger partial charge < -0.3 is 10.4 Å². The van der Waals surface area contributed by atoms with Crippen LogP contribution in [0.4, 0.5) is 0 Å². The Morgan fingerprint density at radius 3 is 2.60 bits per heavy atom. The number of carbonyl (C=O) groups excluding carboxylic acids is 1. The van der Waals surface area contributed by atoms with E-state index in [1.54, 1.807) is 24.3 Å². The van der Waals surface area contributed by atoms with E-state index in [9.17, 15) is 14.7 Å². The summed E-state index contributed by atoms with van der Waals surface area (Å²) in [6.07, 6.45) is 1.75. The monoisotopic (exact) mass is 337 g/mol. The van der Waals surface area contributed by atoms with Crippen LogP contribution in [0.25, 0.3) is 10.9 Å². The third-order valence-electron chi connectivity index (χ3n) is 3.97. The van der Waals surface area contributed by atoms with Gasteiger partial charge in [-0.1, -0.05) is 42.5 Å². The molecule has 6 nitrogen and oxygen atoms in total. The standard InChI is InChI=1S/C19H19N3O3/c23-13-15(10-14-6-2-1-3-7-14)21-19(25)12-22-17-9-5-4-8-16(17)18(24)11-20-22/h1-9,11,15,23H,10,12-13H2,(H,21,25). The fourth-order valence-corrected chi connectivity index (χ4v) is 2.76. The summed E-state index contributed by atoms with van der Waals surface area (Å²) in [6.45, 7) is -0.176. The lowest BCUT2D eigenvalue weighted by Gasteiger charge is -2.17. The maximum absolute atomic E-state index is 12.3. The van der Waals surface area contributed by atoms with Crippen molar-refractivity contribution in [2.75, 3.05) is 6.61 Å². The maximum Gasteiger partial charge on any atom is 0.242 e. The number of rotatable bonds is 6. The predicted molar refractivity (Wildman–Crippen MR) is 95.2 cm³/mol. The molecule has 25 heavy (non-hydrogen) atoms. The first-order valence-electron chi connectivity index (χ1n) is 8.06. The fraction of sp³-hybridized carbons (Fsp3) is 0.211. The topological polar surface area (TPSA) is 84.2 Å². The van der Waals surface area contributed by atoms with Crippen LogP contribution in [0.15, 0.2) is 65.6 Å². The maximum atomic E-state index is 12.3. The zero-order valence-corrected chi connectivity index (χ0v) is 13.6. The van der Waals surface area contributed by atoms with Gasteiger partial charge in [0.25, 0.3) is 0 Å². The lowest BCUT2D eigenvalue weighted by Crippen LogP contribution is -2.41. The van der Waals surface area contributed by atoms with E-state index in [1.165, 1.54) is 10.9 Å². The van der Waals surface area contributed by atoms with Crippen LogP contribution in [-0.2, 0) is 17.8 Å². The highest BCUT2D eigenvalue weighted by molar-refractivity contribution is 5.81. The van der Waals surface area contributed by atoms with Gasteiger partial charge in [-0.05, 0) is 24.1 Å². The highest BCUT2D eigenvalue weighted by Gasteiger charge is 2.14. The first-order valence-corrected chi connectivity index (χ1v) is 8.06. The summed E-state index contributed by atoms with van der Waals surface area (Å²) in [5.74, 6) is -0.267. The molecule has 0 aliphatic rings. The Kier molecular flexibility index (Phi) is 5.20. The van der Waals surface area contributed by atoms with Crippen molar-refractivity contribution in [2.45, 2.75) is 19.0 Å². The number of carbonyl (C=O) groups is 1. The summed E-state index contributed by atoms with van der Waals surface area (Å²) in [5.41, 5.74) is 1.46. The minimum Gasteiger partial charge on any atom is -0.394 e. The number of hydrogen-bond acceptors (Lipinski definition) is 4. The van der Waals surface area contributed by atoms with E-state index in [0.29, 0.717) is 17.3 Å². The highest BCUT2D eigenvalue weighted by atomic mass is 16.3. The molecular formula is C19H19N3O3. The number of fused-ring (bicyclic) bond motifs is 1. The van der Waals surface area contributed by atoms with E-state index < -0.39 is 0 Å². The Morgan fingerprint density at radius 1 is 1.12 bits per heavy atom. The molecule has 0 radical (unpaired) electrons. The Hall–Kier alpha value is -2.99. The van der Waals surface area contributed by atoms with Gasteiger partial charge in [0.2, 0.25) is 11.3 Å². The minimum absolute atomic E-state index is 0.0217. The van der Waals surface area contributed by atoms with Gasteiger partial charge in [0.15, 0.2) is 0 Å². The van der Waals surface area contributed by atoms with Crippen molar-refractivity contribution in [3.63, 3.8) is 0 Å². The molecule has 2 N–H and O–H groups in total. The summed E-state index contributed by atoms with van der Waals surface area (Å²) >= 11 is 0. The fourth-order valence-electron chi connectivity index (χ4n) is 2.76. The Morgan fingerprint density at radius 2 is 1.84 bits per heavy atom. The van der Waals surface area contributed by atoms with E-state index in [1.807, 2.05) is 30.3 Å². The van der Waals surface area contributed by atoms with Gasteiger partial charge in [0.1, 0.15) is 6.54 Å². The lowest BCUT2D eigenvalue weighted by atomic mass is 10.1. The van der Waals surface area contributed by atoms with Crippen LogP contribution < -0.4 is 10.7 Å². The van der Waals surface area contributed by atoms with Gasteiger partial charge in [-0.2, -0.15) is 5.10 Å². The smallest absolute Gasteiger partial charge is 0.242 e. The average Bonchev–Trinajstić information content (AvgIpc) is 2.64. The number of aliphatic hydroxyl groups excluding tert-OH is 1. The van der Waals surface area contributed by atoms with E-state index in [2.05, 4.69) is 10.4 Å². The van der Waals surface area contributed by atoms with Crippen LogP contribution in [0.3, 0.4) is 0 Å². The van der Waals surface area contributed by atoms with Gasteiger partial charge in [-0.25, -0.2) is 0 Å². The molecule has 0 saturated carbocycles. The van der Waals surface area contributed by atoms with E-state index in [0.717, 1.165) is 5.56 Å². The molecule has 0 aliphatic heterocycles. The average molecular weight is 337 g/mol. The molecule has 3 aromatic rings. The normalized spacial score (nSPS) is 12.0. The van der Waals surface area contributed by atoms with Crippen LogP contribution in [0.1, 0.15) is 5.56 Å². The van der Waals surface area contributed by atoms with Crippen LogP contribution in [-0.4, -0.2) is 33.4 Å². The molecule has 3 rings (SSSR count). The largest absolute Gasteiger partial charge is 0.394 e. The number of aromatic nitrogens is 2. The predicted octanol–water partition coefficient (Wildman–Crippen LogP) is 1.12. The van der Waals surface area contributed by atoms with Gasteiger partial charge in [-0.3, -0.25) is 14.3 Å². The molecule has 1 aromatic heterocycles. The Bertz CT molecular complexity index is 922. The number of nitrogens with zero attached hydrogens (tertiary/aromatic N) is 2. The summed E-state index contributed by atoms with van der Waals surface area (Å²) in [5, 5.41) is 16.9. The lowest BCUT2D eigenvalue weighted by molar-refractivity contribution is -0.122. The number of aliphatic hydroxyl groups is 1. The Labute approximate surface area is 144 Å². The number of amides is 1. The van der Waals surface area contributed by atoms with Crippen LogP contribution in [0.2, 0.25) is 0 Å². The minimum atomic E-state index is -0.374. The van der Waals surface area contributed by atoms with Gasteiger partial charge in [0.05, 0.1) is 24.4 Å². The van der Waals surface area contributed by atoms with Crippen molar-refractivity contribution >= 4 is 16.8 Å². The molecule has 0 bridgehead atoms. The second-order valence-electron chi connectivity index (χ2n) is 5.82. The van der Waals surface area contributed by atoms with Crippen molar-refractivity contribution in [2.24, 2.45) is 0 Å². The molecule has 0 spiro atoms. The van der Waals surface area contributed by atoms with Gasteiger partial charge in [0, 0.05) is 5.39 Å². The number of nitrogens with one attached hydrogen (secondary N) is 1. The summed E-state index contributed by atoms with van der Waals surface area (Å²) in [7, 11) is 0. The molecular weight excluding hydrogens is 318 g/mol. The van der Waals surface area contributed by atoms with Crippen molar-refractivity contribution in [3.05, 3.63) is 76.6 Å². The number of benzene rings is 2. The van der Waals surface area contributed by atoms with Crippen molar-refractivity contribution in [1.29, 1.82) is 0 Å². The van der Waals surface area contributed by atoms with E-state index in [4.69, 9.17) is 0 Å². The second-order valence-corrected chi connectivity index (χ2v) is 5.82. The quantitative estimate of drug-likeness (QED) is 0.706. The zero-order chi connectivity index (χ0) is 17.6. The first-order chi connectivity index (χ1) is 12.2. The van der Waals surface area contributed by atoms with E-state index >= 15 is 0 Å². The van der Waals surface area contributed by atoms with Crippen LogP contribution in [0, 0.1) is 0 Å². The van der Waals surface area contributed by atoms with Crippen molar-refractivity contribution in [1.82, 2.24) is 15.1 Å². The van der Waals surface area contributed by atoms with Crippen LogP contribution in [0.5, 0.6) is 0 Å². The molecule has 0 fully saturated rings. The molecule has 2 aromatic carbocycles. The SMILES string of the molecule is O=C(Cn1ncc(=O)c2ccccc21)NC(CO)Cc1ccccc1. The molecule has 1 amide bonds. The van der Waals surface area contributed by atoms with Crippen molar-refractivity contribution < 1.29 is 9.90 Å². The van der Waals surface area contributed by atoms with Gasteiger partial charge >= 0.3 is 0 Å². The molecule has 6 heteroatoms. The summed E-state index contributed by atoms with van der Waals surface area (Å²) < 4.78 is 1.49. The first kappa shape index (κ1) is 16.9. The Balaban J connectivity index is 1.72. The number of para-hydroxylation sites is 1. The molecule has 0 saturated heterocycles. The molecule has 0 aliphatic carbocycles. The molecule has 1 heterocycles. The van der Waals surface area contributed by atoms with Crippen LogP contribution >= 0.6 is 0 Å². The van der Waals surface area contributed by atoms with Gasteiger partial charge in [-0.15, -0.1) is 0 Å². The zero-order valence-electron chi connectivity index (χ0n) is 13.6. The van der Waals surface area contributed by atoms with E-state index in [-0.39, 0.29) is 30.5 Å². The summed E-state index contributed by atoms with van der Waals surface area (Å²) in [6, 6.07) is 16.3. The molecule has 1 atom stereocenters. The molecule has 128 valence electrons. The highest BCUT2D eigenvalue weighted by Crippen LogP contribution is 2.08. The van der Waals surface area contributed by atoms with Crippen molar-refractivity contribution in [3.8, 4) is 0 Å². The third kappa shape index (κ3) is 4.10. The molecule has 1 unspecified atom stereocenters. The summed E-state index contributed by atoms with van der Waals surface area (Å²) in [4.78, 5) is 24.2. The second kappa shape index (κ2) is 7.72. The number of hydrogen-bond donors (Lipinski definition) is 2.